The number of aromatic nitrogens is 2. The summed E-state index contributed by atoms with van der Waals surface area (Å²) in [5.74, 6) is 0. The Morgan fingerprint density at radius 3 is 2.88 bits per heavy atom. The minimum atomic E-state index is 0.523. The number of hydrogen-bond acceptors (Lipinski definition) is 4. The molecule has 0 spiro atoms. The molecule has 0 radical (unpaired) electrons. The molecule has 0 amide bonds. The van der Waals surface area contributed by atoms with E-state index in [0.717, 1.165) is 46.8 Å². The maximum Gasteiger partial charge on any atom is 0.141 e. The van der Waals surface area contributed by atoms with E-state index in [1.54, 1.807) is 22.2 Å². The number of hydrogen-bond donors (Lipinski definition) is 0. The molecule has 6 heteroatoms. The first kappa shape index (κ1) is 16.1. The molecule has 124 valence electrons. The van der Waals surface area contributed by atoms with Crippen molar-refractivity contribution in [1.29, 1.82) is 5.26 Å². The van der Waals surface area contributed by atoms with Gasteiger partial charge in [-0.05, 0) is 43.9 Å². The van der Waals surface area contributed by atoms with Gasteiger partial charge in [-0.2, -0.15) is 10.4 Å². The van der Waals surface area contributed by atoms with E-state index in [9.17, 15) is 5.26 Å². The summed E-state index contributed by atoms with van der Waals surface area (Å²) in [6.07, 6.45) is 4.90. The van der Waals surface area contributed by atoms with Crippen LogP contribution in [0, 0.1) is 18.3 Å². The average molecular weight is 367 g/mol. The van der Waals surface area contributed by atoms with Gasteiger partial charge in [0.1, 0.15) is 16.2 Å². The van der Waals surface area contributed by atoms with Crippen molar-refractivity contribution in [3.8, 4) is 11.8 Å². The smallest absolute Gasteiger partial charge is 0.141 e. The van der Waals surface area contributed by atoms with Crippen molar-refractivity contribution in [2.75, 3.05) is 0 Å². The molecule has 2 heterocycles. The minimum absolute atomic E-state index is 0.523. The zero-order chi connectivity index (χ0) is 17.4. The second-order valence-electron chi connectivity index (χ2n) is 5.94. The average Bonchev–Trinajstić information content (AvgIpc) is 3.27. The van der Waals surface area contributed by atoms with E-state index < -0.39 is 0 Å². The molecule has 0 aliphatic heterocycles. The standard InChI is InChI=1S/C19H15ClN4S/c1-12-16(18(20)24(23-12)13-6-3-2-4-7-13)11-22-19-15(10-21)14-8-5-9-17(14)25-19/h2-4,6-7,11H,5,8-9H2,1H3. The normalized spacial score (nSPS) is 13.3. The Kier molecular flexibility index (Phi) is 4.16. The van der Waals surface area contributed by atoms with Crippen LogP contribution in [-0.4, -0.2) is 16.0 Å². The van der Waals surface area contributed by atoms with Gasteiger partial charge in [-0.15, -0.1) is 11.3 Å². The Bertz CT molecular complexity index is 1010. The summed E-state index contributed by atoms with van der Waals surface area (Å²) >= 11 is 8.14. The lowest BCUT2D eigenvalue weighted by molar-refractivity contribution is 0.863. The van der Waals surface area contributed by atoms with Gasteiger partial charge in [-0.25, -0.2) is 9.67 Å². The zero-order valence-electron chi connectivity index (χ0n) is 13.7. The number of benzene rings is 1. The number of para-hydroxylation sites is 1. The molecule has 0 N–H and O–H groups in total. The van der Waals surface area contributed by atoms with Gasteiger partial charge in [-0.1, -0.05) is 29.8 Å². The first-order chi connectivity index (χ1) is 12.2. The summed E-state index contributed by atoms with van der Waals surface area (Å²) in [5.41, 5.74) is 4.40. The van der Waals surface area contributed by atoms with Crippen molar-refractivity contribution in [3.05, 3.63) is 62.7 Å². The van der Waals surface area contributed by atoms with Crippen molar-refractivity contribution in [2.24, 2.45) is 4.99 Å². The van der Waals surface area contributed by atoms with Crippen molar-refractivity contribution < 1.29 is 0 Å². The third kappa shape index (κ3) is 2.78. The molecule has 3 aromatic rings. The molecule has 0 bridgehead atoms. The van der Waals surface area contributed by atoms with Crippen LogP contribution in [0.15, 0.2) is 35.3 Å². The topological polar surface area (TPSA) is 54.0 Å². The van der Waals surface area contributed by atoms with Crippen LogP contribution < -0.4 is 0 Å². The van der Waals surface area contributed by atoms with Gasteiger partial charge in [-0.3, -0.25) is 0 Å². The molecule has 4 rings (SSSR count). The van der Waals surface area contributed by atoms with Crippen molar-refractivity contribution >= 4 is 34.2 Å². The van der Waals surface area contributed by atoms with Gasteiger partial charge < -0.3 is 0 Å². The van der Waals surface area contributed by atoms with Gasteiger partial charge in [0.2, 0.25) is 0 Å². The third-order valence-electron chi connectivity index (χ3n) is 4.37. The molecule has 1 aliphatic rings. The van der Waals surface area contributed by atoms with E-state index in [4.69, 9.17) is 11.6 Å². The molecule has 0 fully saturated rings. The van der Waals surface area contributed by atoms with Crippen LogP contribution in [0.25, 0.3) is 5.69 Å². The Morgan fingerprint density at radius 2 is 2.12 bits per heavy atom. The Balaban J connectivity index is 1.72. The van der Waals surface area contributed by atoms with Crippen LogP contribution in [0.5, 0.6) is 0 Å². The first-order valence-corrected chi connectivity index (χ1v) is 9.27. The highest BCUT2D eigenvalue weighted by atomic mass is 35.5. The second-order valence-corrected chi connectivity index (χ2v) is 7.39. The fraction of sp³-hybridized carbons (Fsp3) is 0.211. The molecule has 0 unspecified atom stereocenters. The Labute approximate surface area is 155 Å². The minimum Gasteiger partial charge on any atom is -0.244 e. The monoisotopic (exact) mass is 366 g/mol. The van der Waals surface area contributed by atoms with Gasteiger partial charge in [0.05, 0.1) is 22.5 Å². The summed E-state index contributed by atoms with van der Waals surface area (Å²) in [5, 5.41) is 15.3. The SMILES string of the molecule is Cc1nn(-c2ccccc2)c(Cl)c1C=Nc1sc2c(c1C#N)CCC2. The van der Waals surface area contributed by atoms with E-state index in [1.807, 2.05) is 37.3 Å². The van der Waals surface area contributed by atoms with Crippen LogP contribution in [-0.2, 0) is 12.8 Å². The maximum absolute atomic E-state index is 9.47. The lowest BCUT2D eigenvalue weighted by atomic mass is 10.1. The predicted molar refractivity (Wildman–Crippen MR) is 102 cm³/mol. The molecule has 0 atom stereocenters. The highest BCUT2D eigenvalue weighted by Crippen LogP contribution is 2.40. The molecule has 2 aromatic heterocycles. The fourth-order valence-electron chi connectivity index (χ4n) is 3.12. The van der Waals surface area contributed by atoms with Gasteiger partial charge in [0.15, 0.2) is 0 Å². The van der Waals surface area contributed by atoms with E-state index in [1.165, 1.54) is 10.4 Å². The van der Waals surface area contributed by atoms with Crippen LogP contribution in [0.1, 0.15) is 33.7 Å². The Hall–Kier alpha value is -2.42. The van der Waals surface area contributed by atoms with E-state index >= 15 is 0 Å². The summed E-state index contributed by atoms with van der Waals surface area (Å²) in [6.45, 7) is 1.91. The van der Waals surface area contributed by atoms with E-state index in [0.29, 0.717) is 5.15 Å². The van der Waals surface area contributed by atoms with Gasteiger partial charge >= 0.3 is 0 Å². The number of fused-ring (bicyclic) bond motifs is 1. The number of aliphatic imine (C=N–C) groups is 1. The van der Waals surface area contributed by atoms with E-state index in [-0.39, 0.29) is 0 Å². The van der Waals surface area contributed by atoms with Crippen LogP contribution in [0.4, 0.5) is 5.00 Å². The van der Waals surface area contributed by atoms with Crippen molar-refractivity contribution in [2.45, 2.75) is 26.2 Å². The van der Waals surface area contributed by atoms with Crippen LogP contribution in [0.3, 0.4) is 0 Å². The summed E-state index contributed by atoms with van der Waals surface area (Å²) < 4.78 is 1.71. The van der Waals surface area contributed by atoms with Gasteiger partial charge in [0, 0.05) is 11.1 Å². The highest BCUT2D eigenvalue weighted by Gasteiger charge is 2.22. The molecule has 4 nitrogen and oxygen atoms in total. The number of aryl methyl sites for hydroxylation is 2. The van der Waals surface area contributed by atoms with Gasteiger partial charge in [0.25, 0.3) is 0 Å². The molecular weight excluding hydrogens is 352 g/mol. The summed E-state index contributed by atoms with van der Waals surface area (Å²) in [6, 6.07) is 12.1. The number of halogens is 1. The quantitative estimate of drug-likeness (QED) is 0.612. The zero-order valence-corrected chi connectivity index (χ0v) is 15.2. The van der Waals surface area contributed by atoms with Crippen LogP contribution >= 0.6 is 22.9 Å². The molecule has 0 saturated carbocycles. The molecule has 25 heavy (non-hydrogen) atoms. The van der Waals surface area contributed by atoms with Crippen molar-refractivity contribution in [1.82, 2.24) is 9.78 Å². The van der Waals surface area contributed by atoms with Crippen LogP contribution in [0.2, 0.25) is 5.15 Å². The highest BCUT2D eigenvalue weighted by molar-refractivity contribution is 7.16. The molecule has 1 aliphatic carbocycles. The summed E-state index contributed by atoms with van der Waals surface area (Å²) in [4.78, 5) is 5.87. The third-order valence-corrected chi connectivity index (χ3v) is 5.94. The lowest BCUT2D eigenvalue weighted by Gasteiger charge is -2.01. The lowest BCUT2D eigenvalue weighted by Crippen LogP contribution is -1.96. The number of rotatable bonds is 3. The number of nitriles is 1. The predicted octanol–water partition coefficient (Wildman–Crippen LogP) is 5.01. The first-order valence-electron chi connectivity index (χ1n) is 8.08. The molecular formula is C19H15ClN4S. The second kappa shape index (κ2) is 6.47. The number of thiophene rings is 1. The largest absolute Gasteiger partial charge is 0.244 e. The molecule has 1 aromatic carbocycles. The maximum atomic E-state index is 9.47. The Morgan fingerprint density at radius 1 is 1.32 bits per heavy atom. The summed E-state index contributed by atoms with van der Waals surface area (Å²) in [7, 11) is 0. The van der Waals surface area contributed by atoms with E-state index in [2.05, 4.69) is 16.2 Å². The molecule has 0 saturated heterocycles. The fourth-order valence-corrected chi connectivity index (χ4v) is 4.62. The van der Waals surface area contributed by atoms with Crippen molar-refractivity contribution in [3.63, 3.8) is 0 Å². The number of nitrogens with zero attached hydrogens (tertiary/aromatic N) is 4.